The number of rotatable bonds is 3. The summed E-state index contributed by atoms with van der Waals surface area (Å²) in [5.41, 5.74) is 6.69. The highest BCUT2D eigenvalue weighted by molar-refractivity contribution is 9.10. The molecule has 0 fully saturated rings. The highest BCUT2D eigenvalue weighted by atomic mass is 79.9. The van der Waals surface area contributed by atoms with Gasteiger partial charge in [0.25, 0.3) is 0 Å². The van der Waals surface area contributed by atoms with E-state index in [1.165, 1.54) is 6.07 Å². The third-order valence-corrected chi connectivity index (χ3v) is 4.17. The van der Waals surface area contributed by atoms with E-state index >= 15 is 0 Å². The quantitative estimate of drug-likeness (QED) is 0.657. The largest absolute Gasteiger partial charge is 0.398 e. The van der Waals surface area contributed by atoms with Crippen molar-refractivity contribution in [1.29, 1.82) is 0 Å². The summed E-state index contributed by atoms with van der Waals surface area (Å²) in [6, 6.07) is 3.19. The van der Waals surface area contributed by atoms with E-state index in [1.807, 2.05) is 0 Å². The summed E-state index contributed by atoms with van der Waals surface area (Å²) in [6.07, 6.45) is 0. The summed E-state index contributed by atoms with van der Waals surface area (Å²) in [4.78, 5) is 0.169. The van der Waals surface area contributed by atoms with Crippen LogP contribution in [0.4, 0.5) is 5.69 Å². The molecule has 0 spiro atoms. The number of nitrogens with two attached hydrogens (primary N) is 1. The fourth-order valence-electron chi connectivity index (χ4n) is 1.25. The molecular weight excluding hydrogens is 304 g/mol. The summed E-state index contributed by atoms with van der Waals surface area (Å²) in [7, 11) is -3.57. The highest BCUT2D eigenvalue weighted by Crippen LogP contribution is 2.25. The molecule has 92 valence electrons. The van der Waals surface area contributed by atoms with Crippen LogP contribution in [0.5, 0.6) is 0 Å². The van der Waals surface area contributed by atoms with Gasteiger partial charge < -0.3 is 5.73 Å². The monoisotopic (exact) mass is 316 g/mol. The van der Waals surface area contributed by atoms with Crippen LogP contribution in [0.3, 0.4) is 0 Å². The summed E-state index contributed by atoms with van der Waals surface area (Å²) >= 11 is 3.22. The third kappa shape index (κ3) is 3.46. The maximum Gasteiger partial charge on any atom is 0.241 e. The van der Waals surface area contributed by atoms with E-state index < -0.39 is 10.0 Å². The Morgan fingerprint density at radius 3 is 2.71 bits per heavy atom. The minimum Gasteiger partial charge on any atom is -0.398 e. The van der Waals surface area contributed by atoms with Crippen LogP contribution in [0.25, 0.3) is 0 Å². The molecule has 1 aromatic carbocycles. The van der Waals surface area contributed by atoms with Crippen molar-refractivity contribution in [2.24, 2.45) is 0 Å². The molecule has 0 aliphatic heterocycles. The molecule has 0 aliphatic carbocycles. The Bertz CT molecular complexity index is 585. The Kier molecular flexibility index (Phi) is 4.57. The van der Waals surface area contributed by atoms with Crippen LogP contribution in [-0.4, -0.2) is 15.0 Å². The average Bonchev–Trinajstić information content (AvgIpc) is 2.23. The third-order valence-electron chi connectivity index (χ3n) is 2.18. The molecule has 0 heterocycles. The number of halogens is 1. The van der Waals surface area contributed by atoms with Gasteiger partial charge >= 0.3 is 0 Å². The number of hydrogen-bond donors (Lipinski definition) is 2. The van der Waals surface area contributed by atoms with Crippen molar-refractivity contribution >= 4 is 31.6 Å². The van der Waals surface area contributed by atoms with E-state index in [0.29, 0.717) is 15.7 Å². The number of hydrogen-bond acceptors (Lipinski definition) is 3. The minimum absolute atomic E-state index is 0.0880. The molecule has 0 radical (unpaired) electrons. The lowest BCUT2D eigenvalue weighted by Gasteiger charge is -2.10. The standard InChI is InChI=1S/C11H13BrN2O2S/c1-3-4-5-14-17(15,16)11-7-9(12)6-10(13)8(11)2/h6-7,14H,5,13H2,1-2H3. The van der Waals surface area contributed by atoms with E-state index in [-0.39, 0.29) is 11.4 Å². The van der Waals surface area contributed by atoms with E-state index in [9.17, 15) is 8.42 Å². The van der Waals surface area contributed by atoms with E-state index in [2.05, 4.69) is 32.5 Å². The fourth-order valence-corrected chi connectivity index (χ4v) is 3.10. The average molecular weight is 317 g/mol. The molecule has 17 heavy (non-hydrogen) atoms. The molecule has 3 N–H and O–H groups in total. The van der Waals surface area contributed by atoms with Gasteiger partial charge in [-0.15, -0.1) is 5.92 Å². The maximum atomic E-state index is 12.0. The van der Waals surface area contributed by atoms with Gasteiger partial charge in [-0.2, -0.15) is 4.72 Å². The Balaban J connectivity index is 3.18. The zero-order chi connectivity index (χ0) is 13.1. The van der Waals surface area contributed by atoms with Gasteiger partial charge in [0.05, 0.1) is 11.4 Å². The molecule has 0 aromatic heterocycles. The lowest BCUT2D eigenvalue weighted by atomic mass is 10.2. The van der Waals surface area contributed by atoms with Crippen molar-refractivity contribution < 1.29 is 8.42 Å². The molecule has 0 saturated carbocycles. The fraction of sp³-hybridized carbons (Fsp3) is 0.273. The van der Waals surface area contributed by atoms with Gasteiger partial charge in [-0.05, 0) is 31.5 Å². The first-order valence-electron chi connectivity index (χ1n) is 4.83. The first kappa shape index (κ1) is 14.0. The summed E-state index contributed by atoms with van der Waals surface area (Å²) in [5, 5.41) is 0. The Morgan fingerprint density at radius 2 is 2.12 bits per heavy atom. The van der Waals surface area contributed by atoms with Crippen molar-refractivity contribution in [2.75, 3.05) is 12.3 Å². The molecule has 0 unspecified atom stereocenters. The van der Waals surface area contributed by atoms with Crippen molar-refractivity contribution in [1.82, 2.24) is 4.72 Å². The molecule has 1 aromatic rings. The van der Waals surface area contributed by atoms with Gasteiger partial charge in [-0.3, -0.25) is 0 Å². The van der Waals surface area contributed by atoms with Crippen LogP contribution >= 0.6 is 15.9 Å². The molecule has 0 amide bonds. The van der Waals surface area contributed by atoms with Crippen LogP contribution < -0.4 is 10.5 Å². The molecule has 4 nitrogen and oxygen atoms in total. The molecule has 6 heteroatoms. The zero-order valence-corrected chi connectivity index (χ0v) is 11.9. The maximum absolute atomic E-state index is 12.0. The molecule has 0 saturated heterocycles. The van der Waals surface area contributed by atoms with Crippen LogP contribution in [0.15, 0.2) is 21.5 Å². The molecular formula is C11H13BrN2O2S. The zero-order valence-electron chi connectivity index (χ0n) is 9.54. The number of benzene rings is 1. The number of nitrogens with one attached hydrogen (secondary N) is 1. The van der Waals surface area contributed by atoms with Gasteiger partial charge in [-0.1, -0.05) is 21.9 Å². The first-order valence-corrected chi connectivity index (χ1v) is 7.11. The lowest BCUT2D eigenvalue weighted by Crippen LogP contribution is -2.25. The predicted octanol–water partition coefficient (Wildman–Crippen LogP) is 1.64. The second-order valence-corrected chi connectivity index (χ2v) is 6.02. The summed E-state index contributed by atoms with van der Waals surface area (Å²) in [5.74, 6) is 5.26. The van der Waals surface area contributed by atoms with Crippen LogP contribution in [0, 0.1) is 18.8 Å². The van der Waals surface area contributed by atoms with Gasteiger partial charge in [0, 0.05) is 10.2 Å². The van der Waals surface area contributed by atoms with E-state index in [4.69, 9.17) is 5.73 Å². The number of anilines is 1. The van der Waals surface area contributed by atoms with E-state index in [0.717, 1.165) is 0 Å². The second-order valence-electron chi connectivity index (χ2n) is 3.37. The lowest BCUT2D eigenvalue weighted by molar-refractivity contribution is 0.585. The Hall–Kier alpha value is -1.03. The normalized spacial score (nSPS) is 10.8. The predicted molar refractivity (Wildman–Crippen MR) is 71.9 cm³/mol. The van der Waals surface area contributed by atoms with Crippen molar-refractivity contribution in [2.45, 2.75) is 18.7 Å². The van der Waals surface area contributed by atoms with Crippen LogP contribution in [-0.2, 0) is 10.0 Å². The SMILES string of the molecule is CC#CCNS(=O)(=O)c1cc(Br)cc(N)c1C. The van der Waals surface area contributed by atoms with Gasteiger partial charge in [0.2, 0.25) is 10.0 Å². The van der Waals surface area contributed by atoms with Gasteiger partial charge in [0.15, 0.2) is 0 Å². The van der Waals surface area contributed by atoms with Crippen molar-refractivity contribution in [3.63, 3.8) is 0 Å². The van der Waals surface area contributed by atoms with Gasteiger partial charge in [-0.25, -0.2) is 8.42 Å². The number of sulfonamides is 1. The van der Waals surface area contributed by atoms with Crippen molar-refractivity contribution in [3.05, 3.63) is 22.2 Å². The summed E-state index contributed by atoms with van der Waals surface area (Å²) in [6.45, 7) is 3.41. The topological polar surface area (TPSA) is 72.2 Å². The number of nitrogen functional groups attached to an aromatic ring is 1. The molecule has 0 atom stereocenters. The van der Waals surface area contributed by atoms with Crippen LogP contribution in [0.2, 0.25) is 0 Å². The molecule has 0 aliphatic rings. The van der Waals surface area contributed by atoms with E-state index in [1.54, 1.807) is 19.9 Å². The van der Waals surface area contributed by atoms with Crippen LogP contribution in [0.1, 0.15) is 12.5 Å². The molecule has 0 bridgehead atoms. The Morgan fingerprint density at radius 1 is 1.47 bits per heavy atom. The smallest absolute Gasteiger partial charge is 0.241 e. The molecule has 1 rings (SSSR count). The summed E-state index contributed by atoms with van der Waals surface area (Å²) < 4.78 is 27.0. The minimum atomic E-state index is -3.57. The first-order chi connectivity index (χ1) is 7.88. The Labute approximate surface area is 110 Å². The van der Waals surface area contributed by atoms with Crippen molar-refractivity contribution in [3.8, 4) is 11.8 Å². The second kappa shape index (κ2) is 5.54. The highest BCUT2D eigenvalue weighted by Gasteiger charge is 2.18. The van der Waals surface area contributed by atoms with Gasteiger partial charge in [0.1, 0.15) is 0 Å².